The molecule has 0 aromatic carbocycles. The van der Waals surface area contributed by atoms with E-state index in [0.29, 0.717) is 17.4 Å². The molecule has 0 aromatic rings. The third kappa shape index (κ3) is 11.6. The van der Waals surface area contributed by atoms with Crippen molar-refractivity contribution in [3.63, 3.8) is 0 Å². The largest absolute Gasteiger partial charge is 0.508 e. The van der Waals surface area contributed by atoms with Crippen LogP contribution < -0.4 is 0 Å². The van der Waals surface area contributed by atoms with E-state index >= 15 is 0 Å². The Morgan fingerprint density at radius 2 is 1.47 bits per heavy atom. The third-order valence-corrected chi connectivity index (χ3v) is 14.4. The number of rotatable bonds is 22. The SMILES string of the molecule is CCCCCCCCC=CCCCCCCCCOC(=O)OC1CCC2(C)C(=CCC3C2CCC2(C)C(C(C)CCCC(C)C)CCC32)C1. The van der Waals surface area contributed by atoms with E-state index in [4.69, 9.17) is 9.47 Å². The van der Waals surface area contributed by atoms with Gasteiger partial charge >= 0.3 is 6.16 Å². The van der Waals surface area contributed by atoms with Crippen LogP contribution in [-0.4, -0.2) is 18.9 Å². The molecule has 49 heavy (non-hydrogen) atoms. The Balaban J connectivity index is 1.08. The summed E-state index contributed by atoms with van der Waals surface area (Å²) < 4.78 is 11.5. The minimum atomic E-state index is -0.441. The first-order valence-corrected chi connectivity index (χ1v) is 21.9. The maximum absolute atomic E-state index is 12.6. The average molecular weight is 681 g/mol. The molecule has 4 aliphatic carbocycles. The summed E-state index contributed by atoms with van der Waals surface area (Å²) in [5.41, 5.74) is 2.42. The van der Waals surface area contributed by atoms with Gasteiger partial charge in [-0.25, -0.2) is 4.79 Å². The first-order valence-electron chi connectivity index (χ1n) is 21.9. The fourth-order valence-electron chi connectivity index (χ4n) is 11.4. The van der Waals surface area contributed by atoms with Gasteiger partial charge in [-0.3, -0.25) is 0 Å². The lowest BCUT2D eigenvalue weighted by molar-refractivity contribution is -0.0617. The van der Waals surface area contributed by atoms with Crippen molar-refractivity contribution in [2.24, 2.45) is 46.3 Å². The highest BCUT2D eigenvalue weighted by atomic mass is 16.7. The Kier molecular flexibility index (Phi) is 17.1. The van der Waals surface area contributed by atoms with Gasteiger partial charge in [-0.2, -0.15) is 0 Å². The molecule has 0 aliphatic heterocycles. The Bertz CT molecular complexity index is 1010. The molecule has 0 spiro atoms. The van der Waals surface area contributed by atoms with E-state index in [2.05, 4.69) is 59.8 Å². The Hall–Kier alpha value is -1.25. The molecule has 8 atom stereocenters. The van der Waals surface area contributed by atoms with Crippen LogP contribution in [0, 0.1) is 46.3 Å². The van der Waals surface area contributed by atoms with Gasteiger partial charge in [0.15, 0.2) is 0 Å². The lowest BCUT2D eigenvalue weighted by Crippen LogP contribution is -2.51. The molecule has 4 aliphatic rings. The molecule has 0 aromatic heterocycles. The Labute approximate surface area is 304 Å². The van der Waals surface area contributed by atoms with Crippen LogP contribution in [0.1, 0.15) is 202 Å². The Morgan fingerprint density at radius 3 is 2.16 bits per heavy atom. The number of hydrogen-bond donors (Lipinski definition) is 0. The Morgan fingerprint density at radius 1 is 0.796 bits per heavy atom. The number of fused-ring (bicyclic) bond motifs is 5. The van der Waals surface area contributed by atoms with Crippen molar-refractivity contribution >= 4 is 6.16 Å². The van der Waals surface area contributed by atoms with Crippen LogP contribution in [0.2, 0.25) is 0 Å². The van der Waals surface area contributed by atoms with Gasteiger partial charge in [-0.15, -0.1) is 0 Å². The quantitative estimate of drug-likeness (QED) is 0.0648. The fraction of sp³-hybridized carbons (Fsp3) is 0.891. The van der Waals surface area contributed by atoms with Crippen molar-refractivity contribution in [1.82, 2.24) is 0 Å². The van der Waals surface area contributed by atoms with E-state index < -0.39 is 6.16 Å². The fourth-order valence-corrected chi connectivity index (χ4v) is 11.4. The minimum absolute atomic E-state index is 0.0142. The number of ether oxygens (including phenoxy) is 2. The van der Waals surface area contributed by atoms with Gasteiger partial charge in [0.2, 0.25) is 0 Å². The second kappa shape index (κ2) is 20.7. The van der Waals surface area contributed by atoms with Crippen LogP contribution in [0.3, 0.4) is 0 Å². The molecular formula is C46H80O3. The van der Waals surface area contributed by atoms with E-state index in [9.17, 15) is 4.79 Å². The van der Waals surface area contributed by atoms with E-state index in [-0.39, 0.29) is 6.10 Å². The first kappa shape index (κ1) is 40.5. The molecule has 0 radical (unpaired) electrons. The van der Waals surface area contributed by atoms with Gasteiger partial charge in [0.25, 0.3) is 0 Å². The highest BCUT2D eigenvalue weighted by molar-refractivity contribution is 5.60. The van der Waals surface area contributed by atoms with Gasteiger partial charge in [0.1, 0.15) is 6.10 Å². The van der Waals surface area contributed by atoms with E-state index in [0.717, 1.165) is 67.6 Å². The van der Waals surface area contributed by atoms with E-state index in [1.165, 1.54) is 128 Å². The zero-order valence-corrected chi connectivity index (χ0v) is 33.4. The van der Waals surface area contributed by atoms with Gasteiger partial charge in [-0.05, 0) is 123 Å². The minimum Gasteiger partial charge on any atom is -0.434 e. The maximum atomic E-state index is 12.6. The second-order valence-electron chi connectivity index (χ2n) is 18.3. The summed E-state index contributed by atoms with van der Waals surface area (Å²) >= 11 is 0. The van der Waals surface area contributed by atoms with Crippen LogP contribution in [0.25, 0.3) is 0 Å². The van der Waals surface area contributed by atoms with Crippen LogP contribution >= 0.6 is 0 Å². The smallest absolute Gasteiger partial charge is 0.434 e. The number of carbonyl (C=O) groups excluding carboxylic acids is 1. The lowest BCUT2D eigenvalue weighted by atomic mass is 9.47. The van der Waals surface area contributed by atoms with E-state index in [1.54, 1.807) is 5.57 Å². The van der Waals surface area contributed by atoms with Gasteiger partial charge in [-0.1, -0.05) is 142 Å². The van der Waals surface area contributed by atoms with Crippen molar-refractivity contribution in [1.29, 1.82) is 0 Å². The highest BCUT2D eigenvalue weighted by Gasteiger charge is 2.59. The normalized spacial score (nSPS) is 31.7. The van der Waals surface area contributed by atoms with Gasteiger partial charge in [0, 0.05) is 6.42 Å². The predicted octanol–water partition coefficient (Wildman–Crippen LogP) is 14.6. The highest BCUT2D eigenvalue weighted by Crippen LogP contribution is 2.67. The van der Waals surface area contributed by atoms with Crippen molar-refractivity contribution < 1.29 is 14.3 Å². The first-order chi connectivity index (χ1) is 23.7. The summed E-state index contributed by atoms with van der Waals surface area (Å²) in [6.45, 7) is 15.4. The molecule has 0 amide bonds. The molecule has 3 nitrogen and oxygen atoms in total. The van der Waals surface area contributed by atoms with Crippen LogP contribution in [0.15, 0.2) is 23.8 Å². The molecule has 3 heteroatoms. The summed E-state index contributed by atoms with van der Waals surface area (Å²) in [5.74, 6) is 5.15. The summed E-state index contributed by atoms with van der Waals surface area (Å²) in [7, 11) is 0. The summed E-state index contributed by atoms with van der Waals surface area (Å²) in [6, 6.07) is 0. The van der Waals surface area contributed by atoms with Crippen molar-refractivity contribution in [2.45, 2.75) is 208 Å². The summed E-state index contributed by atoms with van der Waals surface area (Å²) in [6.07, 6.45) is 39.2. The molecule has 3 fully saturated rings. The third-order valence-electron chi connectivity index (χ3n) is 14.4. The second-order valence-corrected chi connectivity index (χ2v) is 18.3. The standard InChI is InChI=1S/C46H80O3/c1-7-8-9-10-11-12-13-14-15-16-17-18-19-20-21-22-34-48-44(47)49-39-30-32-45(5)38(35-39)26-27-40-42-29-28-41(37(4)25-23-24-36(2)3)46(42,6)33-31-43(40)45/h14-15,26,36-37,39-43H,7-13,16-25,27-35H2,1-6H3. The van der Waals surface area contributed by atoms with Gasteiger partial charge < -0.3 is 9.47 Å². The van der Waals surface area contributed by atoms with Crippen LogP contribution in [0.5, 0.6) is 0 Å². The van der Waals surface area contributed by atoms with Crippen LogP contribution in [-0.2, 0) is 9.47 Å². The molecule has 0 bridgehead atoms. The van der Waals surface area contributed by atoms with Crippen molar-refractivity contribution in [2.75, 3.05) is 6.61 Å². The molecule has 3 saturated carbocycles. The monoisotopic (exact) mass is 681 g/mol. The molecule has 0 heterocycles. The lowest BCUT2D eigenvalue weighted by Gasteiger charge is -2.58. The van der Waals surface area contributed by atoms with Crippen molar-refractivity contribution in [3.05, 3.63) is 23.8 Å². The number of hydrogen-bond acceptors (Lipinski definition) is 3. The maximum Gasteiger partial charge on any atom is 0.508 e. The topological polar surface area (TPSA) is 35.5 Å². The zero-order valence-electron chi connectivity index (χ0n) is 33.4. The number of unbranched alkanes of at least 4 members (excludes halogenated alkanes) is 12. The molecule has 0 saturated heterocycles. The molecular weight excluding hydrogens is 601 g/mol. The molecule has 4 rings (SSSR count). The number of carbonyl (C=O) groups is 1. The zero-order chi connectivity index (χ0) is 35.1. The number of allylic oxidation sites excluding steroid dienone is 3. The molecule has 282 valence electrons. The van der Waals surface area contributed by atoms with E-state index in [1.807, 2.05) is 0 Å². The summed E-state index contributed by atoms with van der Waals surface area (Å²) in [5, 5.41) is 0. The average Bonchev–Trinajstić information content (AvgIpc) is 3.43. The molecule has 8 unspecified atom stereocenters. The predicted molar refractivity (Wildman–Crippen MR) is 209 cm³/mol. The van der Waals surface area contributed by atoms with Gasteiger partial charge in [0.05, 0.1) is 6.61 Å². The summed E-state index contributed by atoms with van der Waals surface area (Å²) in [4.78, 5) is 12.6. The van der Waals surface area contributed by atoms with Crippen LogP contribution in [0.4, 0.5) is 4.79 Å². The van der Waals surface area contributed by atoms with Crippen molar-refractivity contribution in [3.8, 4) is 0 Å². The molecule has 0 N–H and O–H groups in total.